The van der Waals surface area contributed by atoms with Gasteiger partial charge in [0.2, 0.25) is 0 Å². The number of benzene rings is 1. The molecule has 108 valence electrons. The van der Waals surface area contributed by atoms with Crippen LogP contribution in [0.5, 0.6) is 5.75 Å². The van der Waals surface area contributed by atoms with E-state index in [4.69, 9.17) is 27.9 Å². The summed E-state index contributed by atoms with van der Waals surface area (Å²) in [5, 5.41) is 0.565. The molecule has 2 heterocycles. The molecular weight excluding hydrogens is 309 g/mol. The number of halogens is 2. The van der Waals surface area contributed by atoms with Gasteiger partial charge in [-0.1, -0.05) is 17.7 Å². The van der Waals surface area contributed by atoms with Gasteiger partial charge in [-0.15, -0.1) is 11.6 Å². The minimum absolute atomic E-state index is 0.487. The van der Waals surface area contributed by atoms with E-state index in [0.29, 0.717) is 17.3 Å². The molecule has 0 atom stereocenters. The molecule has 0 aliphatic carbocycles. The Morgan fingerprint density at radius 3 is 2.90 bits per heavy atom. The van der Waals surface area contributed by atoms with Crippen LogP contribution in [0.1, 0.15) is 5.82 Å². The normalized spacial score (nSPS) is 11.0. The molecule has 0 unspecified atom stereocenters. The van der Waals surface area contributed by atoms with Crippen LogP contribution < -0.4 is 4.74 Å². The summed E-state index contributed by atoms with van der Waals surface area (Å²) in [6.45, 7) is 0. The lowest BCUT2D eigenvalue weighted by Gasteiger charge is -2.09. The number of hydrogen-bond acceptors (Lipinski definition) is 3. The maximum atomic E-state index is 5.99. The van der Waals surface area contributed by atoms with E-state index in [1.807, 2.05) is 28.8 Å². The molecule has 0 amide bonds. The van der Waals surface area contributed by atoms with E-state index in [1.54, 1.807) is 19.4 Å². The number of aromatic nitrogens is 3. The van der Waals surface area contributed by atoms with E-state index < -0.39 is 0 Å². The van der Waals surface area contributed by atoms with Crippen LogP contribution in [0.15, 0.2) is 36.5 Å². The van der Waals surface area contributed by atoms with Gasteiger partial charge in [0.15, 0.2) is 5.65 Å². The number of rotatable bonds is 4. The van der Waals surface area contributed by atoms with Crippen molar-refractivity contribution < 1.29 is 4.74 Å². The summed E-state index contributed by atoms with van der Waals surface area (Å²) in [5.41, 5.74) is 2.45. The van der Waals surface area contributed by atoms with Gasteiger partial charge < -0.3 is 4.74 Å². The first kappa shape index (κ1) is 14.2. The van der Waals surface area contributed by atoms with E-state index in [-0.39, 0.29) is 0 Å². The first-order valence-electron chi connectivity index (χ1n) is 6.46. The second-order valence-electron chi connectivity index (χ2n) is 4.50. The SMILES string of the molecule is COc1cccc(-n2c(CCCl)nc3cc(Cl)cnc32)c1. The minimum Gasteiger partial charge on any atom is -0.497 e. The number of fused-ring (bicyclic) bond motifs is 1. The van der Waals surface area contributed by atoms with Crippen molar-refractivity contribution in [1.29, 1.82) is 0 Å². The number of ether oxygens (including phenoxy) is 1. The lowest BCUT2D eigenvalue weighted by molar-refractivity contribution is 0.414. The monoisotopic (exact) mass is 321 g/mol. The Morgan fingerprint density at radius 1 is 1.29 bits per heavy atom. The Bertz CT molecular complexity index is 786. The number of nitrogens with zero attached hydrogens (tertiary/aromatic N) is 3. The highest BCUT2D eigenvalue weighted by Crippen LogP contribution is 2.25. The zero-order valence-electron chi connectivity index (χ0n) is 11.4. The predicted octanol–water partition coefficient (Wildman–Crippen LogP) is 3.86. The highest BCUT2D eigenvalue weighted by molar-refractivity contribution is 6.31. The van der Waals surface area contributed by atoms with Crippen LogP contribution in [0.2, 0.25) is 5.02 Å². The minimum atomic E-state index is 0.487. The van der Waals surface area contributed by atoms with Gasteiger partial charge in [0, 0.05) is 24.6 Å². The number of hydrogen-bond donors (Lipinski definition) is 0. The summed E-state index contributed by atoms with van der Waals surface area (Å²) < 4.78 is 7.27. The lowest BCUT2D eigenvalue weighted by Crippen LogP contribution is -2.03. The molecule has 2 aromatic heterocycles. The van der Waals surface area contributed by atoms with Crippen molar-refractivity contribution in [3.63, 3.8) is 0 Å². The Kier molecular flexibility index (Phi) is 3.99. The zero-order valence-corrected chi connectivity index (χ0v) is 12.9. The molecule has 21 heavy (non-hydrogen) atoms. The molecule has 0 fully saturated rings. The second kappa shape index (κ2) is 5.92. The molecule has 0 aliphatic heterocycles. The Hall–Kier alpha value is -1.78. The lowest BCUT2D eigenvalue weighted by atomic mass is 10.3. The summed E-state index contributed by atoms with van der Waals surface area (Å²) in [6, 6.07) is 9.56. The molecule has 3 aromatic rings. The standard InChI is InChI=1S/C15H13Cl2N3O/c1-21-12-4-2-3-11(8-12)20-14(5-6-16)19-13-7-10(17)9-18-15(13)20/h2-4,7-9H,5-6H2,1H3. The third-order valence-corrected chi connectivity index (χ3v) is 3.56. The van der Waals surface area contributed by atoms with Gasteiger partial charge in [0.1, 0.15) is 17.1 Å². The van der Waals surface area contributed by atoms with Crippen molar-refractivity contribution in [3.05, 3.63) is 47.4 Å². The van der Waals surface area contributed by atoms with Crippen molar-refractivity contribution in [1.82, 2.24) is 14.5 Å². The fraction of sp³-hybridized carbons (Fsp3) is 0.200. The molecule has 0 aliphatic rings. The van der Waals surface area contributed by atoms with Crippen LogP contribution in [-0.2, 0) is 6.42 Å². The second-order valence-corrected chi connectivity index (χ2v) is 5.31. The van der Waals surface area contributed by atoms with Crippen molar-refractivity contribution >= 4 is 34.4 Å². The number of alkyl halides is 1. The molecule has 0 N–H and O–H groups in total. The molecule has 1 aromatic carbocycles. The summed E-state index contributed by atoms with van der Waals surface area (Å²) in [4.78, 5) is 8.99. The van der Waals surface area contributed by atoms with Gasteiger partial charge in [-0.05, 0) is 18.2 Å². The van der Waals surface area contributed by atoms with Crippen LogP contribution in [0.3, 0.4) is 0 Å². The summed E-state index contributed by atoms with van der Waals surface area (Å²) >= 11 is 11.9. The van der Waals surface area contributed by atoms with E-state index in [9.17, 15) is 0 Å². The maximum absolute atomic E-state index is 5.99. The Morgan fingerprint density at radius 2 is 2.14 bits per heavy atom. The summed E-state index contributed by atoms with van der Waals surface area (Å²) in [7, 11) is 1.64. The number of imidazole rings is 1. The predicted molar refractivity (Wildman–Crippen MR) is 84.9 cm³/mol. The first-order valence-corrected chi connectivity index (χ1v) is 7.37. The van der Waals surface area contributed by atoms with Gasteiger partial charge in [-0.2, -0.15) is 0 Å². The van der Waals surface area contributed by atoms with Crippen LogP contribution >= 0.6 is 23.2 Å². The van der Waals surface area contributed by atoms with Gasteiger partial charge in [-0.25, -0.2) is 9.97 Å². The molecule has 4 nitrogen and oxygen atoms in total. The molecule has 0 spiro atoms. The fourth-order valence-electron chi connectivity index (χ4n) is 2.26. The summed E-state index contributed by atoms with van der Waals surface area (Å²) in [6.07, 6.45) is 2.26. The third-order valence-electron chi connectivity index (χ3n) is 3.16. The molecule has 0 bridgehead atoms. The van der Waals surface area contributed by atoms with Gasteiger partial charge in [0.25, 0.3) is 0 Å². The number of aryl methyl sites for hydroxylation is 1. The Labute approximate surface area is 132 Å². The maximum Gasteiger partial charge on any atom is 0.164 e. The highest BCUT2D eigenvalue weighted by atomic mass is 35.5. The van der Waals surface area contributed by atoms with Gasteiger partial charge >= 0.3 is 0 Å². The van der Waals surface area contributed by atoms with E-state index in [1.165, 1.54) is 0 Å². The molecule has 0 saturated heterocycles. The van der Waals surface area contributed by atoms with Crippen molar-refractivity contribution in [2.75, 3.05) is 13.0 Å². The van der Waals surface area contributed by atoms with E-state index >= 15 is 0 Å². The zero-order chi connectivity index (χ0) is 14.8. The topological polar surface area (TPSA) is 39.9 Å². The molecule has 6 heteroatoms. The van der Waals surface area contributed by atoms with Crippen LogP contribution in [0, 0.1) is 0 Å². The van der Waals surface area contributed by atoms with Crippen molar-refractivity contribution in [2.24, 2.45) is 0 Å². The largest absolute Gasteiger partial charge is 0.497 e. The van der Waals surface area contributed by atoms with E-state index in [2.05, 4.69) is 9.97 Å². The third kappa shape index (κ3) is 2.69. The quantitative estimate of drug-likeness (QED) is 0.685. The molecule has 0 radical (unpaired) electrons. The summed E-state index contributed by atoms with van der Waals surface area (Å²) in [5.74, 6) is 2.12. The van der Waals surface area contributed by atoms with Crippen LogP contribution in [0.4, 0.5) is 0 Å². The first-order chi connectivity index (χ1) is 10.2. The van der Waals surface area contributed by atoms with Gasteiger partial charge in [-0.3, -0.25) is 4.57 Å². The molecule has 3 rings (SSSR count). The fourth-order valence-corrected chi connectivity index (χ4v) is 2.58. The average molecular weight is 322 g/mol. The molecule has 0 saturated carbocycles. The Balaban J connectivity index is 2.25. The number of methoxy groups -OCH3 is 1. The number of pyridine rings is 1. The van der Waals surface area contributed by atoms with Crippen LogP contribution in [-0.4, -0.2) is 27.5 Å². The van der Waals surface area contributed by atoms with Crippen molar-refractivity contribution in [3.8, 4) is 11.4 Å². The van der Waals surface area contributed by atoms with Gasteiger partial charge in [0.05, 0.1) is 17.8 Å². The molecular formula is C15H13Cl2N3O. The highest BCUT2D eigenvalue weighted by Gasteiger charge is 2.14. The smallest absolute Gasteiger partial charge is 0.164 e. The van der Waals surface area contributed by atoms with Crippen LogP contribution in [0.25, 0.3) is 16.9 Å². The average Bonchev–Trinajstić information content (AvgIpc) is 2.84. The van der Waals surface area contributed by atoms with Crippen molar-refractivity contribution in [2.45, 2.75) is 6.42 Å². The van der Waals surface area contributed by atoms with E-state index in [0.717, 1.165) is 28.4 Å².